The van der Waals surface area contributed by atoms with Gasteiger partial charge in [0.25, 0.3) is 0 Å². The first-order valence-electron chi connectivity index (χ1n) is 16.6. The molecule has 0 N–H and O–H groups in total. The highest BCUT2D eigenvalue weighted by Crippen LogP contribution is 2.36. The van der Waals surface area contributed by atoms with Crippen LogP contribution in [0, 0.1) is 0 Å². The molecule has 0 aliphatic heterocycles. The summed E-state index contributed by atoms with van der Waals surface area (Å²) in [5.74, 6) is 0. The first kappa shape index (κ1) is 28.1. The van der Waals surface area contributed by atoms with Crippen LogP contribution in [-0.2, 0) is 0 Å². The van der Waals surface area contributed by atoms with Gasteiger partial charge in [-0.15, -0.1) is 0 Å². The lowest BCUT2D eigenvalue weighted by atomic mass is 10.0. The van der Waals surface area contributed by atoms with Gasteiger partial charge in [0.15, 0.2) is 0 Å². The highest BCUT2D eigenvalue weighted by atomic mass is 15.0. The zero-order chi connectivity index (χ0) is 33.0. The Hall–Kier alpha value is -6.92. The molecule has 0 radical (unpaired) electrons. The molecule has 10 aromatic rings. The van der Waals surface area contributed by atoms with Gasteiger partial charge in [0, 0.05) is 63.3 Å². The van der Waals surface area contributed by atoms with Crippen molar-refractivity contribution in [3.63, 3.8) is 0 Å². The molecule has 6 nitrogen and oxygen atoms in total. The SMILES string of the molecule is c1ccc(-c2cc(-c3ccc(-n4c5ccccc5c5cccnc54)cc3)cc(-c3cccc(-n4c5ccccc5c5cnccc54)c3)n2)nc1. The molecule has 0 aliphatic rings. The van der Waals surface area contributed by atoms with Crippen molar-refractivity contribution in [1.29, 1.82) is 0 Å². The van der Waals surface area contributed by atoms with E-state index >= 15 is 0 Å². The molecule has 0 saturated carbocycles. The first-order valence-corrected chi connectivity index (χ1v) is 16.6. The van der Waals surface area contributed by atoms with Crippen molar-refractivity contribution >= 4 is 43.7 Å². The summed E-state index contributed by atoms with van der Waals surface area (Å²) in [5.41, 5.74) is 12.2. The Morgan fingerprint density at radius 3 is 1.94 bits per heavy atom. The third kappa shape index (κ3) is 4.50. The Morgan fingerprint density at radius 2 is 1.10 bits per heavy atom. The van der Waals surface area contributed by atoms with Crippen molar-refractivity contribution in [2.45, 2.75) is 0 Å². The first-order chi connectivity index (χ1) is 24.8. The number of fused-ring (bicyclic) bond motifs is 6. The standard InChI is InChI=1S/C44H28N6/c1-4-16-42-34(11-1)36-13-8-23-47-44(36)50(42)32-19-17-29(18-20-32)31-26-39(48-40(27-31)38-14-5-6-22-46-38)30-9-7-10-33(25-30)49-41-15-3-2-12-35(41)37-28-45-24-21-43(37)49/h1-28H. The summed E-state index contributed by atoms with van der Waals surface area (Å²) in [6.45, 7) is 0. The lowest BCUT2D eigenvalue weighted by molar-refractivity contribution is 1.14. The minimum atomic E-state index is 0.821. The molecule has 6 heteroatoms. The van der Waals surface area contributed by atoms with E-state index in [9.17, 15) is 0 Å². The van der Waals surface area contributed by atoms with E-state index in [1.54, 1.807) is 0 Å². The van der Waals surface area contributed by atoms with E-state index in [0.29, 0.717) is 0 Å². The van der Waals surface area contributed by atoms with Crippen molar-refractivity contribution < 1.29 is 0 Å². The average molecular weight is 641 g/mol. The van der Waals surface area contributed by atoms with Gasteiger partial charge in [-0.05, 0) is 90.0 Å². The Bertz CT molecular complexity index is 2760. The molecular formula is C44H28N6. The van der Waals surface area contributed by atoms with Gasteiger partial charge in [-0.2, -0.15) is 0 Å². The number of hydrogen-bond acceptors (Lipinski definition) is 4. The zero-order valence-corrected chi connectivity index (χ0v) is 26.8. The molecule has 0 bridgehead atoms. The number of benzene rings is 4. The molecule has 0 unspecified atom stereocenters. The van der Waals surface area contributed by atoms with Gasteiger partial charge >= 0.3 is 0 Å². The number of pyridine rings is 4. The molecule has 6 heterocycles. The Labute approximate surface area is 287 Å². The third-order valence-electron chi connectivity index (χ3n) is 9.52. The summed E-state index contributed by atoms with van der Waals surface area (Å²) in [5, 5.41) is 4.65. The number of para-hydroxylation sites is 2. The van der Waals surface area contributed by atoms with E-state index in [1.807, 2.05) is 49.1 Å². The van der Waals surface area contributed by atoms with Crippen LogP contribution < -0.4 is 0 Å². The maximum absolute atomic E-state index is 5.18. The van der Waals surface area contributed by atoms with Gasteiger partial charge in [-0.25, -0.2) is 9.97 Å². The number of hydrogen-bond donors (Lipinski definition) is 0. The van der Waals surface area contributed by atoms with Crippen molar-refractivity contribution in [2.75, 3.05) is 0 Å². The summed E-state index contributed by atoms with van der Waals surface area (Å²) in [7, 11) is 0. The number of aromatic nitrogens is 6. The van der Waals surface area contributed by atoms with E-state index in [1.165, 1.54) is 10.8 Å². The average Bonchev–Trinajstić information content (AvgIpc) is 3.71. The molecule has 10 rings (SSSR count). The summed E-state index contributed by atoms with van der Waals surface area (Å²) < 4.78 is 4.55. The summed E-state index contributed by atoms with van der Waals surface area (Å²) >= 11 is 0. The van der Waals surface area contributed by atoms with E-state index in [0.717, 1.165) is 78.1 Å². The fraction of sp³-hybridized carbons (Fsp3) is 0. The van der Waals surface area contributed by atoms with Crippen LogP contribution in [0.5, 0.6) is 0 Å². The highest BCUT2D eigenvalue weighted by molar-refractivity contribution is 6.09. The van der Waals surface area contributed by atoms with Crippen molar-refractivity contribution in [1.82, 2.24) is 29.1 Å². The van der Waals surface area contributed by atoms with Gasteiger partial charge in [0.05, 0.1) is 33.6 Å². The normalized spacial score (nSPS) is 11.6. The minimum Gasteiger partial charge on any atom is -0.309 e. The van der Waals surface area contributed by atoms with Crippen molar-refractivity contribution in [3.05, 3.63) is 170 Å². The van der Waals surface area contributed by atoms with Crippen LogP contribution in [0.4, 0.5) is 0 Å². The van der Waals surface area contributed by atoms with Gasteiger partial charge in [0.2, 0.25) is 0 Å². The van der Waals surface area contributed by atoms with Crippen LogP contribution in [0.3, 0.4) is 0 Å². The van der Waals surface area contributed by atoms with Gasteiger partial charge in [-0.3, -0.25) is 14.5 Å². The zero-order valence-electron chi connectivity index (χ0n) is 26.8. The third-order valence-corrected chi connectivity index (χ3v) is 9.52. The molecule has 6 aromatic heterocycles. The second-order valence-electron chi connectivity index (χ2n) is 12.4. The van der Waals surface area contributed by atoms with E-state index in [-0.39, 0.29) is 0 Å². The lowest BCUT2D eigenvalue weighted by Crippen LogP contribution is -1.97. The topological polar surface area (TPSA) is 61.4 Å². The summed E-state index contributed by atoms with van der Waals surface area (Å²) in [6, 6.07) is 50.8. The van der Waals surface area contributed by atoms with Crippen LogP contribution in [0.2, 0.25) is 0 Å². The fourth-order valence-electron chi connectivity index (χ4n) is 7.25. The fourth-order valence-corrected chi connectivity index (χ4v) is 7.25. The largest absolute Gasteiger partial charge is 0.309 e. The lowest BCUT2D eigenvalue weighted by Gasteiger charge is -2.13. The Kier molecular flexibility index (Phi) is 6.39. The minimum absolute atomic E-state index is 0.821. The number of nitrogens with zero attached hydrogens (tertiary/aromatic N) is 6. The van der Waals surface area contributed by atoms with E-state index in [4.69, 9.17) is 9.97 Å². The maximum Gasteiger partial charge on any atom is 0.145 e. The second-order valence-corrected chi connectivity index (χ2v) is 12.4. The monoisotopic (exact) mass is 640 g/mol. The molecule has 50 heavy (non-hydrogen) atoms. The maximum atomic E-state index is 5.18. The van der Waals surface area contributed by atoms with Crippen molar-refractivity contribution in [2.24, 2.45) is 0 Å². The van der Waals surface area contributed by atoms with Crippen LogP contribution in [-0.4, -0.2) is 29.1 Å². The molecule has 0 amide bonds. The predicted octanol–water partition coefficient (Wildman–Crippen LogP) is 10.5. The van der Waals surface area contributed by atoms with Crippen LogP contribution >= 0.6 is 0 Å². The van der Waals surface area contributed by atoms with Crippen LogP contribution in [0.15, 0.2) is 170 Å². The van der Waals surface area contributed by atoms with Crippen LogP contribution in [0.25, 0.3) is 88.9 Å². The molecule has 234 valence electrons. The van der Waals surface area contributed by atoms with Crippen LogP contribution in [0.1, 0.15) is 0 Å². The van der Waals surface area contributed by atoms with Gasteiger partial charge < -0.3 is 4.57 Å². The van der Waals surface area contributed by atoms with Gasteiger partial charge in [0.1, 0.15) is 5.65 Å². The van der Waals surface area contributed by atoms with Crippen molar-refractivity contribution in [3.8, 4) is 45.1 Å². The van der Waals surface area contributed by atoms with E-state index < -0.39 is 0 Å². The molecule has 0 spiro atoms. The summed E-state index contributed by atoms with van der Waals surface area (Å²) in [6.07, 6.45) is 7.48. The molecule has 4 aromatic carbocycles. The Balaban J connectivity index is 1.11. The van der Waals surface area contributed by atoms with Gasteiger partial charge in [-0.1, -0.05) is 66.7 Å². The quantitative estimate of drug-likeness (QED) is 0.188. The van der Waals surface area contributed by atoms with E-state index in [2.05, 4.69) is 140 Å². The molecule has 0 aliphatic carbocycles. The molecule has 0 fully saturated rings. The predicted molar refractivity (Wildman–Crippen MR) is 203 cm³/mol. The summed E-state index contributed by atoms with van der Waals surface area (Å²) in [4.78, 5) is 19.0. The smallest absolute Gasteiger partial charge is 0.145 e. The molecule has 0 atom stereocenters. The highest BCUT2D eigenvalue weighted by Gasteiger charge is 2.16. The second kappa shape index (κ2) is 11.4. The number of rotatable bonds is 5. The Morgan fingerprint density at radius 1 is 0.380 bits per heavy atom. The molecular weight excluding hydrogens is 613 g/mol. The molecule has 0 saturated heterocycles.